The van der Waals surface area contributed by atoms with Crippen molar-refractivity contribution < 1.29 is 9.90 Å². The Balaban J connectivity index is 1.46. The second-order valence-electron chi connectivity index (χ2n) is 6.83. The van der Waals surface area contributed by atoms with E-state index in [2.05, 4.69) is 10.6 Å². The van der Waals surface area contributed by atoms with Crippen LogP contribution in [0.2, 0.25) is 0 Å². The lowest BCUT2D eigenvalue weighted by molar-refractivity contribution is -0.0511. The minimum absolute atomic E-state index is 0.516. The molecule has 0 saturated heterocycles. The third-order valence-corrected chi connectivity index (χ3v) is 5.24. The highest BCUT2D eigenvalue weighted by Gasteiger charge is 2.50. The molecular formula is C14H24N2O2. The second kappa shape index (κ2) is 4.72. The monoisotopic (exact) mass is 252 g/mol. The van der Waals surface area contributed by atoms with Crippen LogP contribution in [0.3, 0.4) is 0 Å². The topological polar surface area (TPSA) is 61.4 Å². The van der Waals surface area contributed by atoms with E-state index in [1.807, 2.05) is 0 Å². The predicted octanol–water partition coefficient (Wildman–Crippen LogP) is 2.06. The van der Waals surface area contributed by atoms with Gasteiger partial charge >= 0.3 is 6.09 Å². The first-order valence-electron chi connectivity index (χ1n) is 7.33. The van der Waals surface area contributed by atoms with Crippen molar-refractivity contribution in [3.05, 3.63) is 0 Å². The molecule has 0 unspecified atom stereocenters. The maximum atomic E-state index is 10.3. The van der Waals surface area contributed by atoms with E-state index in [0.29, 0.717) is 12.0 Å². The molecule has 4 rings (SSSR count). The highest BCUT2D eigenvalue weighted by Crippen LogP contribution is 2.59. The average Bonchev–Trinajstić information content (AvgIpc) is 2.25. The van der Waals surface area contributed by atoms with Crippen LogP contribution < -0.4 is 10.6 Å². The van der Waals surface area contributed by atoms with E-state index in [4.69, 9.17) is 5.11 Å². The summed E-state index contributed by atoms with van der Waals surface area (Å²) in [6, 6.07) is 0. The van der Waals surface area contributed by atoms with Gasteiger partial charge in [0.1, 0.15) is 0 Å². The maximum absolute atomic E-state index is 10.3. The molecule has 0 spiro atoms. The van der Waals surface area contributed by atoms with Crippen molar-refractivity contribution in [3.63, 3.8) is 0 Å². The molecule has 4 bridgehead atoms. The number of carbonyl (C=O) groups is 1. The Hall–Kier alpha value is -0.770. The third-order valence-electron chi connectivity index (χ3n) is 5.24. The van der Waals surface area contributed by atoms with Gasteiger partial charge < -0.3 is 15.7 Å². The fraction of sp³-hybridized carbons (Fsp3) is 0.929. The van der Waals surface area contributed by atoms with Crippen molar-refractivity contribution in [1.82, 2.24) is 10.6 Å². The molecule has 0 aromatic carbocycles. The molecule has 0 aromatic heterocycles. The summed E-state index contributed by atoms with van der Waals surface area (Å²) in [6.45, 7) is 2.37. The molecule has 18 heavy (non-hydrogen) atoms. The number of hydrogen-bond acceptors (Lipinski definition) is 2. The van der Waals surface area contributed by atoms with Gasteiger partial charge in [-0.2, -0.15) is 0 Å². The molecule has 4 nitrogen and oxygen atoms in total. The molecule has 4 aliphatic rings. The van der Waals surface area contributed by atoms with Crippen LogP contribution in [0.1, 0.15) is 38.5 Å². The molecule has 4 aliphatic carbocycles. The van der Waals surface area contributed by atoms with E-state index in [1.165, 1.54) is 38.5 Å². The van der Waals surface area contributed by atoms with Gasteiger partial charge in [-0.05, 0) is 61.7 Å². The lowest BCUT2D eigenvalue weighted by Crippen LogP contribution is -2.51. The van der Waals surface area contributed by atoms with Crippen LogP contribution in [0, 0.1) is 23.2 Å². The van der Waals surface area contributed by atoms with Gasteiger partial charge in [0.2, 0.25) is 0 Å². The zero-order valence-electron chi connectivity index (χ0n) is 11.0. The van der Waals surface area contributed by atoms with E-state index in [-0.39, 0.29) is 0 Å². The van der Waals surface area contributed by atoms with Crippen molar-refractivity contribution in [2.75, 3.05) is 19.6 Å². The Bertz CT molecular complexity index is 294. The summed E-state index contributed by atoms with van der Waals surface area (Å²) in [5.74, 6) is 2.99. The molecule has 4 heteroatoms. The summed E-state index contributed by atoms with van der Waals surface area (Å²) in [7, 11) is 0. The lowest BCUT2D eigenvalue weighted by Gasteiger charge is -2.57. The van der Waals surface area contributed by atoms with E-state index >= 15 is 0 Å². The SMILES string of the molecule is O=C(O)NCCNCC12CC3CC(CC(C3)C1)C2. The molecule has 0 aliphatic heterocycles. The van der Waals surface area contributed by atoms with Crippen molar-refractivity contribution in [1.29, 1.82) is 0 Å². The summed E-state index contributed by atoms with van der Waals surface area (Å²) in [5.41, 5.74) is 0.554. The molecule has 4 saturated carbocycles. The molecule has 0 radical (unpaired) electrons. The summed E-state index contributed by atoms with van der Waals surface area (Å²) < 4.78 is 0. The van der Waals surface area contributed by atoms with Crippen molar-refractivity contribution >= 4 is 6.09 Å². The first-order valence-corrected chi connectivity index (χ1v) is 7.33. The van der Waals surface area contributed by atoms with Gasteiger partial charge in [0.25, 0.3) is 0 Å². The fourth-order valence-electron chi connectivity index (χ4n) is 5.12. The predicted molar refractivity (Wildman–Crippen MR) is 69.5 cm³/mol. The van der Waals surface area contributed by atoms with Crippen LogP contribution in [0.25, 0.3) is 0 Å². The van der Waals surface area contributed by atoms with Crippen LogP contribution in [0.4, 0.5) is 4.79 Å². The third kappa shape index (κ3) is 2.48. The highest BCUT2D eigenvalue weighted by molar-refractivity contribution is 5.64. The van der Waals surface area contributed by atoms with Gasteiger partial charge in [-0.1, -0.05) is 0 Å². The fourth-order valence-corrected chi connectivity index (χ4v) is 5.12. The number of amides is 1. The standard InChI is InChI=1S/C14H24N2O2/c17-13(18)16-2-1-15-9-14-6-10-3-11(7-14)5-12(4-10)8-14/h10-12,15-16H,1-9H2,(H,17,18). The zero-order valence-corrected chi connectivity index (χ0v) is 11.0. The quantitative estimate of drug-likeness (QED) is 0.656. The van der Waals surface area contributed by atoms with Crippen LogP contribution in [-0.2, 0) is 0 Å². The maximum Gasteiger partial charge on any atom is 0.404 e. The van der Waals surface area contributed by atoms with E-state index in [1.54, 1.807) is 0 Å². The van der Waals surface area contributed by atoms with Crippen molar-refractivity contribution in [2.24, 2.45) is 23.2 Å². The van der Waals surface area contributed by atoms with Gasteiger partial charge in [-0.15, -0.1) is 0 Å². The van der Waals surface area contributed by atoms with Gasteiger partial charge in [-0.25, -0.2) is 4.79 Å². The lowest BCUT2D eigenvalue weighted by atomic mass is 9.49. The average molecular weight is 252 g/mol. The summed E-state index contributed by atoms with van der Waals surface area (Å²) >= 11 is 0. The van der Waals surface area contributed by atoms with Gasteiger partial charge in [0.05, 0.1) is 0 Å². The molecule has 1 amide bonds. The van der Waals surface area contributed by atoms with Crippen LogP contribution in [0.5, 0.6) is 0 Å². The Morgan fingerprint density at radius 3 is 2.11 bits per heavy atom. The van der Waals surface area contributed by atoms with E-state index in [0.717, 1.165) is 30.8 Å². The molecule has 0 atom stereocenters. The minimum atomic E-state index is -0.924. The number of hydrogen-bond donors (Lipinski definition) is 3. The normalized spacial score (nSPS) is 41.0. The van der Waals surface area contributed by atoms with Crippen LogP contribution in [-0.4, -0.2) is 30.8 Å². The molecule has 0 heterocycles. The molecule has 102 valence electrons. The summed E-state index contributed by atoms with van der Waals surface area (Å²) in [5, 5.41) is 14.4. The Labute approximate surface area is 109 Å². The number of carboxylic acid groups (broad SMARTS) is 1. The van der Waals surface area contributed by atoms with E-state index < -0.39 is 6.09 Å². The molecule has 3 N–H and O–H groups in total. The van der Waals surface area contributed by atoms with Crippen molar-refractivity contribution in [2.45, 2.75) is 38.5 Å². The molecular weight excluding hydrogens is 228 g/mol. The summed E-state index contributed by atoms with van der Waals surface area (Å²) in [6.07, 6.45) is 7.78. The highest BCUT2D eigenvalue weighted by atomic mass is 16.4. The molecule has 0 aromatic rings. The number of nitrogens with one attached hydrogen (secondary N) is 2. The Kier molecular flexibility index (Phi) is 3.22. The zero-order chi connectivity index (χ0) is 12.6. The second-order valence-corrected chi connectivity index (χ2v) is 6.83. The first-order chi connectivity index (χ1) is 8.65. The van der Waals surface area contributed by atoms with Gasteiger partial charge in [0.15, 0.2) is 0 Å². The van der Waals surface area contributed by atoms with Crippen LogP contribution >= 0.6 is 0 Å². The Morgan fingerprint density at radius 1 is 1.06 bits per heavy atom. The minimum Gasteiger partial charge on any atom is -0.465 e. The smallest absolute Gasteiger partial charge is 0.404 e. The van der Waals surface area contributed by atoms with Gasteiger partial charge in [0, 0.05) is 19.6 Å². The van der Waals surface area contributed by atoms with Crippen LogP contribution in [0.15, 0.2) is 0 Å². The number of rotatable bonds is 5. The van der Waals surface area contributed by atoms with Crippen molar-refractivity contribution in [3.8, 4) is 0 Å². The van der Waals surface area contributed by atoms with Gasteiger partial charge in [-0.3, -0.25) is 0 Å². The first kappa shape index (κ1) is 12.3. The Morgan fingerprint density at radius 2 is 1.61 bits per heavy atom. The van der Waals surface area contributed by atoms with E-state index in [9.17, 15) is 4.79 Å². The largest absolute Gasteiger partial charge is 0.465 e. The molecule has 4 fully saturated rings. The summed E-state index contributed by atoms with van der Waals surface area (Å²) in [4.78, 5) is 10.3.